The summed E-state index contributed by atoms with van der Waals surface area (Å²) in [6.45, 7) is 2.10. The maximum atomic E-state index is 13.0. The number of carbonyl (C=O) groups is 1. The molecule has 4 nitrogen and oxygen atoms in total. The number of carbonyl (C=O) groups excluding carboxylic acids is 1. The maximum absolute atomic E-state index is 13.0. The Hall–Kier alpha value is -3.53. The summed E-state index contributed by atoms with van der Waals surface area (Å²) in [7, 11) is -6.00. The van der Waals surface area contributed by atoms with Gasteiger partial charge in [-0.15, -0.1) is 0 Å². The summed E-state index contributed by atoms with van der Waals surface area (Å²) in [6.07, 6.45) is 1.72. The van der Waals surface area contributed by atoms with Gasteiger partial charge in [-0.3, -0.25) is 0 Å². The molecule has 180 valence electrons. The minimum Gasteiger partial charge on any atom is -0.460 e. The first kappa shape index (κ1) is 26.1. The van der Waals surface area contributed by atoms with Crippen LogP contribution in [0, 0.1) is 0 Å². The summed E-state index contributed by atoms with van der Waals surface area (Å²) in [6, 6.07) is 27.7. The topological polar surface area (TPSA) is 43.1 Å². The number of pyridine rings is 2. The van der Waals surface area contributed by atoms with Crippen LogP contribution in [0.15, 0.2) is 95.6 Å². The molecule has 35 heavy (non-hydrogen) atoms. The van der Waals surface area contributed by atoms with Crippen LogP contribution >= 0.6 is 15.9 Å². The molecule has 0 saturated heterocycles. The normalized spacial score (nSPS) is 10.8. The number of halogens is 5. The van der Waals surface area contributed by atoms with Crippen LogP contribution in [0.1, 0.15) is 17.4 Å². The van der Waals surface area contributed by atoms with Crippen molar-refractivity contribution in [2.24, 2.45) is 0 Å². The molecule has 0 atom stereocenters. The van der Waals surface area contributed by atoms with Gasteiger partial charge in [-0.1, -0.05) is 60.7 Å². The summed E-state index contributed by atoms with van der Waals surface area (Å²) >= 11 is 3.43. The molecular formula is C25H20BBrF4N2O2. The first-order valence-corrected chi connectivity index (χ1v) is 11.3. The van der Waals surface area contributed by atoms with E-state index in [1.54, 1.807) is 13.1 Å². The summed E-state index contributed by atoms with van der Waals surface area (Å²) < 4.78 is 47.1. The quantitative estimate of drug-likeness (QED) is 0.118. The van der Waals surface area contributed by atoms with Gasteiger partial charge in [-0.2, -0.15) is 4.57 Å². The number of esters is 1. The van der Waals surface area contributed by atoms with E-state index in [0.29, 0.717) is 18.1 Å². The highest BCUT2D eigenvalue weighted by molar-refractivity contribution is 9.10. The van der Waals surface area contributed by atoms with Gasteiger partial charge in [0.15, 0.2) is 6.20 Å². The Morgan fingerprint density at radius 2 is 1.46 bits per heavy atom. The molecule has 0 spiro atoms. The largest absolute Gasteiger partial charge is 0.673 e. The lowest BCUT2D eigenvalue weighted by Gasteiger charge is -2.13. The van der Waals surface area contributed by atoms with Gasteiger partial charge in [0, 0.05) is 17.7 Å². The number of rotatable bonds is 5. The van der Waals surface area contributed by atoms with Gasteiger partial charge in [0.1, 0.15) is 5.69 Å². The molecule has 0 radical (unpaired) electrons. The summed E-state index contributed by atoms with van der Waals surface area (Å²) in [5, 5.41) is 0. The van der Waals surface area contributed by atoms with Crippen molar-refractivity contribution in [3.8, 4) is 28.2 Å². The number of hydrogen-bond donors (Lipinski definition) is 0. The third-order valence-corrected chi connectivity index (χ3v) is 5.14. The lowest BCUT2D eigenvalue weighted by atomic mass is 10.0. The molecule has 2 aromatic carbocycles. The standard InChI is InChI=1S/C25H20BrN2O2.BF4/c1-2-30-25(29)23-16-20(18-9-5-3-6-10-18)15-22(19-11-7-4-8-12-19)28(23)24-14-13-21(26)17-27-24;2-1(3,4)5/h3-17H,2H2,1H3;/q+1;-1. The number of hydrogen-bond acceptors (Lipinski definition) is 3. The van der Waals surface area contributed by atoms with Gasteiger partial charge in [-0.25, -0.2) is 4.79 Å². The first-order valence-electron chi connectivity index (χ1n) is 10.5. The molecule has 0 unspecified atom stereocenters. The van der Waals surface area contributed by atoms with Crippen molar-refractivity contribution in [3.63, 3.8) is 0 Å². The molecule has 0 fully saturated rings. The highest BCUT2D eigenvalue weighted by Gasteiger charge is 2.27. The number of benzene rings is 2. The summed E-state index contributed by atoms with van der Waals surface area (Å²) in [5.74, 6) is 0.247. The fraction of sp³-hybridized carbons (Fsp3) is 0.0800. The van der Waals surface area contributed by atoms with Crippen molar-refractivity contribution in [2.75, 3.05) is 6.61 Å². The second-order valence-corrected chi connectivity index (χ2v) is 8.05. The predicted octanol–water partition coefficient (Wildman–Crippen LogP) is 6.93. The zero-order valence-corrected chi connectivity index (χ0v) is 20.1. The van der Waals surface area contributed by atoms with Crippen molar-refractivity contribution in [3.05, 3.63) is 101 Å². The second-order valence-electron chi connectivity index (χ2n) is 7.13. The zero-order valence-electron chi connectivity index (χ0n) is 18.5. The van der Waals surface area contributed by atoms with Crippen LogP contribution in [0.5, 0.6) is 0 Å². The third kappa shape index (κ3) is 7.48. The van der Waals surface area contributed by atoms with E-state index in [9.17, 15) is 22.1 Å². The average molecular weight is 547 g/mol. The zero-order chi connectivity index (χ0) is 25.4. The van der Waals surface area contributed by atoms with E-state index >= 15 is 0 Å². The SMILES string of the molecule is CCOC(=O)c1cc(-c2ccccc2)cc(-c2ccccc2)[n+]1-c1ccc(Br)cn1.F[B-](F)(F)F. The molecule has 0 bridgehead atoms. The molecule has 2 aromatic heterocycles. The molecule has 10 heteroatoms. The van der Waals surface area contributed by atoms with Gasteiger partial charge in [0.2, 0.25) is 5.69 Å². The van der Waals surface area contributed by atoms with E-state index in [2.05, 4.69) is 27.0 Å². The average Bonchev–Trinajstić information content (AvgIpc) is 2.84. The van der Waals surface area contributed by atoms with Crippen LogP contribution < -0.4 is 4.57 Å². The Morgan fingerprint density at radius 3 is 1.97 bits per heavy atom. The molecule has 0 aliphatic carbocycles. The summed E-state index contributed by atoms with van der Waals surface area (Å²) in [4.78, 5) is 17.5. The van der Waals surface area contributed by atoms with Crippen LogP contribution in [-0.2, 0) is 4.74 Å². The Bertz CT molecular complexity index is 1270. The lowest BCUT2D eigenvalue weighted by molar-refractivity contribution is -0.591. The molecule has 0 amide bonds. The van der Waals surface area contributed by atoms with E-state index in [0.717, 1.165) is 26.9 Å². The summed E-state index contributed by atoms with van der Waals surface area (Å²) in [5.41, 5.74) is 4.22. The van der Waals surface area contributed by atoms with E-state index in [1.807, 2.05) is 83.4 Å². The van der Waals surface area contributed by atoms with Crippen molar-refractivity contribution in [1.82, 2.24) is 4.98 Å². The smallest absolute Gasteiger partial charge is 0.460 e. The molecular weight excluding hydrogens is 527 g/mol. The first-order chi connectivity index (χ1) is 16.7. The fourth-order valence-corrected chi connectivity index (χ4v) is 3.55. The van der Waals surface area contributed by atoms with Gasteiger partial charge in [0.25, 0.3) is 0 Å². The third-order valence-electron chi connectivity index (χ3n) is 4.67. The van der Waals surface area contributed by atoms with Gasteiger partial charge in [-0.05, 0) is 51.1 Å². The highest BCUT2D eigenvalue weighted by atomic mass is 79.9. The van der Waals surface area contributed by atoms with Crippen LogP contribution in [0.3, 0.4) is 0 Å². The molecule has 0 aliphatic heterocycles. The van der Waals surface area contributed by atoms with E-state index in [1.165, 1.54) is 0 Å². The Kier molecular flexibility index (Phi) is 8.76. The predicted molar refractivity (Wildman–Crippen MR) is 130 cm³/mol. The molecule has 0 aliphatic rings. The monoisotopic (exact) mass is 546 g/mol. The van der Waals surface area contributed by atoms with Gasteiger partial charge in [0.05, 0.1) is 11.1 Å². The lowest BCUT2D eigenvalue weighted by Crippen LogP contribution is -2.42. The Labute approximate surface area is 208 Å². The van der Waals surface area contributed by atoms with E-state index in [4.69, 9.17) is 4.74 Å². The highest BCUT2D eigenvalue weighted by Crippen LogP contribution is 2.26. The van der Waals surface area contributed by atoms with E-state index in [-0.39, 0.29) is 0 Å². The minimum atomic E-state index is -6.00. The van der Waals surface area contributed by atoms with Crippen LogP contribution in [0.4, 0.5) is 17.3 Å². The molecule has 0 saturated carbocycles. The maximum Gasteiger partial charge on any atom is 0.673 e. The van der Waals surface area contributed by atoms with Crippen LogP contribution in [0.25, 0.3) is 28.2 Å². The van der Waals surface area contributed by atoms with Crippen LogP contribution in [0.2, 0.25) is 0 Å². The molecule has 0 N–H and O–H groups in total. The van der Waals surface area contributed by atoms with Crippen LogP contribution in [-0.4, -0.2) is 24.8 Å². The Balaban J connectivity index is 0.000000623. The number of ether oxygens (including phenoxy) is 1. The number of aromatic nitrogens is 2. The molecule has 4 rings (SSSR count). The van der Waals surface area contributed by atoms with Gasteiger partial charge < -0.3 is 22.0 Å². The van der Waals surface area contributed by atoms with Crippen molar-refractivity contribution in [1.29, 1.82) is 0 Å². The number of nitrogens with zero attached hydrogens (tertiary/aromatic N) is 2. The van der Waals surface area contributed by atoms with Crippen molar-refractivity contribution in [2.45, 2.75) is 6.92 Å². The second kappa shape index (κ2) is 11.7. The Morgan fingerprint density at radius 1 is 0.886 bits per heavy atom. The fourth-order valence-electron chi connectivity index (χ4n) is 3.32. The minimum absolute atomic E-state index is 0.294. The van der Waals surface area contributed by atoms with Gasteiger partial charge >= 0.3 is 19.0 Å². The molecule has 4 aromatic rings. The molecule has 2 heterocycles. The van der Waals surface area contributed by atoms with Crippen molar-refractivity contribution < 1.29 is 31.4 Å². The van der Waals surface area contributed by atoms with E-state index < -0.39 is 13.2 Å². The van der Waals surface area contributed by atoms with Crippen molar-refractivity contribution >= 4 is 29.2 Å².